The molecule has 4 aromatic carbocycles. The molecule has 67 heavy (non-hydrogen) atoms. The molecule has 14 heteroatoms. The molecule has 0 aromatic heterocycles. The third kappa shape index (κ3) is 15.0. The monoisotopic (exact) mass is 925 g/mol. The van der Waals surface area contributed by atoms with Crippen LogP contribution < -0.4 is 5.32 Å². The Kier molecular flexibility index (Phi) is 20.1. The molecule has 11 atom stereocenters. The van der Waals surface area contributed by atoms with Gasteiger partial charge in [0.15, 0.2) is 18.9 Å². The molecule has 3 saturated heterocycles. The zero-order chi connectivity index (χ0) is 46.6. The van der Waals surface area contributed by atoms with E-state index in [1.54, 1.807) is 0 Å². The van der Waals surface area contributed by atoms with Gasteiger partial charge in [-0.3, -0.25) is 4.79 Å². The van der Waals surface area contributed by atoms with Crippen LogP contribution in [-0.2, 0) is 81.5 Å². The van der Waals surface area contributed by atoms with Crippen molar-refractivity contribution in [2.45, 2.75) is 140 Å². The molecule has 0 spiro atoms. The molecule has 0 aliphatic carbocycles. The van der Waals surface area contributed by atoms with Gasteiger partial charge in [0, 0.05) is 19.1 Å². The molecule has 3 aliphatic heterocycles. The fourth-order valence-electron chi connectivity index (χ4n) is 8.59. The van der Waals surface area contributed by atoms with Crippen LogP contribution in [0.2, 0.25) is 0 Å². The third-order valence-electron chi connectivity index (χ3n) is 12.0. The summed E-state index contributed by atoms with van der Waals surface area (Å²) in [6.07, 6.45) is -2.59. The van der Waals surface area contributed by atoms with E-state index in [2.05, 4.69) is 12.2 Å². The van der Waals surface area contributed by atoms with E-state index in [1.807, 2.05) is 121 Å². The maximum Gasteiger partial charge on any atom is 0.331 e. The van der Waals surface area contributed by atoms with Crippen LogP contribution in [0, 0.1) is 0 Å². The summed E-state index contributed by atoms with van der Waals surface area (Å²) >= 11 is 0. The molecule has 3 aliphatic rings. The second-order valence-electron chi connectivity index (χ2n) is 17.1. The Balaban J connectivity index is 1.25. The minimum absolute atomic E-state index is 0.0719. The van der Waals surface area contributed by atoms with Crippen LogP contribution in [-0.4, -0.2) is 107 Å². The topological polar surface area (TPSA) is 148 Å². The maximum atomic E-state index is 13.2. The summed E-state index contributed by atoms with van der Waals surface area (Å²) in [5.41, 5.74) is 3.62. The van der Waals surface area contributed by atoms with Crippen molar-refractivity contribution < 1.29 is 61.7 Å². The Morgan fingerprint density at radius 1 is 0.627 bits per heavy atom. The van der Waals surface area contributed by atoms with Gasteiger partial charge in [-0.1, -0.05) is 160 Å². The number of unbranched alkanes of at least 4 members (excludes halogenated alkanes) is 5. The Bertz CT molecular complexity index is 2010. The summed E-state index contributed by atoms with van der Waals surface area (Å²) in [4.78, 5) is 26.1. The zero-order valence-corrected chi connectivity index (χ0v) is 38.9. The van der Waals surface area contributed by atoms with Gasteiger partial charge in [-0.05, 0) is 23.1 Å². The van der Waals surface area contributed by atoms with Crippen LogP contribution in [0.25, 0.3) is 0 Å². The van der Waals surface area contributed by atoms with Crippen LogP contribution in [0.5, 0.6) is 0 Å². The summed E-state index contributed by atoms with van der Waals surface area (Å²) in [6, 6.07) is 38.1. The van der Waals surface area contributed by atoms with Crippen molar-refractivity contribution in [3.8, 4) is 0 Å². The van der Waals surface area contributed by atoms with Gasteiger partial charge in [-0.15, -0.1) is 0 Å². The fraction of sp³-hybridized carbons (Fsp3) is 0.509. The summed E-state index contributed by atoms with van der Waals surface area (Å²) < 4.78 is 72.0. The highest BCUT2D eigenvalue weighted by molar-refractivity contribution is 5.73. The number of carbonyl (C=O) groups is 2. The number of rotatable bonds is 25. The van der Waals surface area contributed by atoms with Crippen molar-refractivity contribution in [1.29, 1.82) is 0 Å². The number of benzene rings is 4. The van der Waals surface area contributed by atoms with Gasteiger partial charge in [-0.25, -0.2) is 4.79 Å². The molecule has 0 unspecified atom stereocenters. The lowest BCUT2D eigenvalue weighted by Gasteiger charge is -2.52. The number of amides is 1. The van der Waals surface area contributed by atoms with E-state index < -0.39 is 80.2 Å². The second-order valence-corrected chi connectivity index (χ2v) is 17.1. The van der Waals surface area contributed by atoms with Crippen molar-refractivity contribution in [3.63, 3.8) is 0 Å². The molecular formula is C53H67NO13. The van der Waals surface area contributed by atoms with Gasteiger partial charge >= 0.3 is 5.97 Å². The van der Waals surface area contributed by atoms with Crippen LogP contribution in [0.15, 0.2) is 121 Å². The Labute approximate surface area is 394 Å². The van der Waals surface area contributed by atoms with E-state index in [0.717, 1.165) is 54.4 Å². The highest BCUT2D eigenvalue weighted by Crippen LogP contribution is 2.39. The minimum Gasteiger partial charge on any atom is -0.467 e. The van der Waals surface area contributed by atoms with Crippen molar-refractivity contribution in [2.75, 3.05) is 33.5 Å². The Morgan fingerprint density at radius 3 is 1.85 bits per heavy atom. The van der Waals surface area contributed by atoms with E-state index in [4.69, 9.17) is 52.1 Å². The molecule has 7 rings (SSSR count). The molecule has 3 fully saturated rings. The first kappa shape index (κ1) is 50.3. The Morgan fingerprint density at radius 2 is 1.22 bits per heavy atom. The van der Waals surface area contributed by atoms with E-state index in [1.165, 1.54) is 20.5 Å². The summed E-state index contributed by atoms with van der Waals surface area (Å²) in [6.45, 7) is 4.48. The number of hydrogen-bond acceptors (Lipinski definition) is 13. The van der Waals surface area contributed by atoms with E-state index in [-0.39, 0.29) is 32.3 Å². The van der Waals surface area contributed by atoms with Crippen molar-refractivity contribution in [3.05, 3.63) is 144 Å². The molecule has 362 valence electrons. The minimum atomic E-state index is -1.26. The van der Waals surface area contributed by atoms with Crippen LogP contribution in [0.4, 0.5) is 0 Å². The van der Waals surface area contributed by atoms with Gasteiger partial charge in [0.05, 0.1) is 40.1 Å². The first-order chi connectivity index (χ1) is 32.9. The molecule has 1 N–H and O–H groups in total. The maximum absolute atomic E-state index is 13.2. The van der Waals surface area contributed by atoms with Gasteiger partial charge in [-0.2, -0.15) is 0 Å². The number of ether oxygens (including phenoxy) is 11. The SMILES string of the molecule is CCCCCCCCO[C@@H]1O[C@@H]2CO[C@@H](c3ccccc3)O[C@H]2[C@H](O[C@@H]2O[C@H](COCc3ccccc3)[C@H](OCc3ccccc3)[C@H](OCc3ccccc3)[C@H]2OCC(=O)OC)[C@H]1NC(C)=O. The largest absolute Gasteiger partial charge is 0.467 e. The van der Waals surface area contributed by atoms with E-state index in [9.17, 15) is 9.59 Å². The first-order valence-corrected chi connectivity index (χ1v) is 23.7. The summed E-state index contributed by atoms with van der Waals surface area (Å²) in [7, 11) is 1.30. The quantitative estimate of drug-likeness (QED) is 0.0511. The number of esters is 1. The van der Waals surface area contributed by atoms with Gasteiger partial charge in [0.2, 0.25) is 5.91 Å². The molecule has 14 nitrogen and oxygen atoms in total. The smallest absolute Gasteiger partial charge is 0.331 e. The lowest BCUT2D eigenvalue weighted by atomic mass is 9.94. The van der Waals surface area contributed by atoms with Crippen molar-refractivity contribution in [1.82, 2.24) is 5.32 Å². The molecule has 0 bridgehead atoms. The first-order valence-electron chi connectivity index (χ1n) is 23.7. The average molecular weight is 926 g/mol. The lowest BCUT2D eigenvalue weighted by molar-refractivity contribution is -0.383. The number of nitrogens with one attached hydrogen (secondary N) is 1. The van der Waals surface area contributed by atoms with Crippen LogP contribution in [0.1, 0.15) is 80.9 Å². The molecule has 4 aromatic rings. The van der Waals surface area contributed by atoms with Crippen molar-refractivity contribution >= 4 is 11.9 Å². The molecule has 0 radical (unpaired) electrons. The van der Waals surface area contributed by atoms with E-state index >= 15 is 0 Å². The Hall–Kier alpha value is -4.58. The summed E-state index contributed by atoms with van der Waals surface area (Å²) in [5.74, 6) is -0.936. The van der Waals surface area contributed by atoms with Gasteiger partial charge < -0.3 is 57.4 Å². The number of carbonyl (C=O) groups excluding carboxylic acids is 2. The second kappa shape index (κ2) is 26.8. The number of hydrogen-bond donors (Lipinski definition) is 1. The third-order valence-corrected chi connectivity index (χ3v) is 12.0. The highest BCUT2D eigenvalue weighted by Gasteiger charge is 2.56. The number of fused-ring (bicyclic) bond motifs is 1. The van der Waals surface area contributed by atoms with Gasteiger partial charge in [0.25, 0.3) is 0 Å². The predicted octanol–water partition coefficient (Wildman–Crippen LogP) is 7.76. The van der Waals surface area contributed by atoms with Crippen LogP contribution >= 0.6 is 0 Å². The molecule has 0 saturated carbocycles. The van der Waals surface area contributed by atoms with Crippen molar-refractivity contribution in [2.24, 2.45) is 0 Å². The fourth-order valence-corrected chi connectivity index (χ4v) is 8.59. The normalized spacial score (nSPS) is 27.2. The van der Waals surface area contributed by atoms with Gasteiger partial charge in [0.1, 0.15) is 55.4 Å². The standard InChI is InChI=1S/C53H67NO13/c1-4-5-6-7-8-21-30-59-52-45(54-37(2)55)48(47-43(64-52)35-63-51(66-47)41-28-19-12-20-29-41)67-53-50(62-36-44(56)57-3)49(61-33-40-26-17-11-18-27-40)46(60-32-39-24-15-10-16-25-39)42(65-53)34-58-31-38-22-13-9-14-23-38/h9-20,22-29,42-43,45-53H,4-8,21,30-36H2,1-3H3,(H,54,55)/t42-,43-,45-,46+,47-,48-,49+,50-,51-,52-,53+/m1/s1. The van der Waals surface area contributed by atoms with E-state index in [0.29, 0.717) is 13.2 Å². The average Bonchev–Trinajstić information content (AvgIpc) is 3.36. The molecule has 3 heterocycles. The zero-order valence-electron chi connectivity index (χ0n) is 38.9. The summed E-state index contributed by atoms with van der Waals surface area (Å²) in [5, 5.41) is 3.09. The number of methoxy groups -OCH3 is 1. The predicted molar refractivity (Wildman–Crippen MR) is 247 cm³/mol. The highest BCUT2D eigenvalue weighted by atomic mass is 16.8. The van der Waals surface area contributed by atoms with Crippen LogP contribution in [0.3, 0.4) is 0 Å². The molecule has 1 amide bonds. The lowest BCUT2D eigenvalue weighted by Crippen LogP contribution is -2.70. The molecular weight excluding hydrogens is 859 g/mol.